The first kappa shape index (κ1) is 11.9. The van der Waals surface area contributed by atoms with E-state index in [1.54, 1.807) is 0 Å². The molecule has 3 rings (SSSR count). The van der Waals surface area contributed by atoms with Crippen molar-refractivity contribution < 1.29 is 0 Å². The predicted molar refractivity (Wildman–Crippen MR) is 81.4 cm³/mol. The number of fused-ring (bicyclic) bond motifs is 1. The molecule has 1 nitrogen and oxygen atoms in total. The van der Waals surface area contributed by atoms with Crippen molar-refractivity contribution in [3.63, 3.8) is 0 Å². The standard InChI is InChI=1S/C18H17N/c1-12-4-6-17-15(9-12)5-7-18(19-17)16-10-13(2)8-14(3)11-16/h4-11H,1-3H3. The van der Waals surface area contributed by atoms with Gasteiger partial charge in [-0.25, -0.2) is 4.98 Å². The first-order valence-corrected chi connectivity index (χ1v) is 6.58. The van der Waals surface area contributed by atoms with E-state index in [0.717, 1.165) is 11.2 Å². The van der Waals surface area contributed by atoms with E-state index >= 15 is 0 Å². The van der Waals surface area contributed by atoms with Gasteiger partial charge in [-0.2, -0.15) is 0 Å². The number of aryl methyl sites for hydroxylation is 3. The van der Waals surface area contributed by atoms with E-state index in [2.05, 4.69) is 69.3 Å². The highest BCUT2D eigenvalue weighted by atomic mass is 14.7. The van der Waals surface area contributed by atoms with E-state index in [1.807, 2.05) is 0 Å². The highest BCUT2D eigenvalue weighted by molar-refractivity contribution is 5.82. The molecule has 0 saturated carbocycles. The highest BCUT2D eigenvalue weighted by Crippen LogP contribution is 2.23. The van der Waals surface area contributed by atoms with Gasteiger partial charge < -0.3 is 0 Å². The summed E-state index contributed by atoms with van der Waals surface area (Å²) in [7, 11) is 0. The average Bonchev–Trinajstić information content (AvgIpc) is 2.37. The summed E-state index contributed by atoms with van der Waals surface area (Å²) in [5.74, 6) is 0. The Kier molecular flexibility index (Phi) is 2.83. The summed E-state index contributed by atoms with van der Waals surface area (Å²) in [6.45, 7) is 6.36. The molecular weight excluding hydrogens is 230 g/mol. The van der Waals surface area contributed by atoms with E-state index in [9.17, 15) is 0 Å². The third-order valence-electron chi connectivity index (χ3n) is 3.36. The van der Waals surface area contributed by atoms with Crippen LogP contribution < -0.4 is 0 Å². The lowest BCUT2D eigenvalue weighted by Crippen LogP contribution is -1.88. The van der Waals surface area contributed by atoms with E-state index in [-0.39, 0.29) is 0 Å². The third kappa shape index (κ3) is 2.37. The number of hydrogen-bond donors (Lipinski definition) is 0. The SMILES string of the molecule is Cc1cc(C)cc(-c2ccc3cc(C)ccc3n2)c1. The summed E-state index contributed by atoms with van der Waals surface area (Å²) < 4.78 is 0. The highest BCUT2D eigenvalue weighted by Gasteiger charge is 2.03. The Labute approximate surface area is 113 Å². The van der Waals surface area contributed by atoms with Crippen molar-refractivity contribution in [1.82, 2.24) is 4.98 Å². The molecule has 1 heteroatoms. The van der Waals surface area contributed by atoms with Gasteiger partial charge in [-0.3, -0.25) is 0 Å². The van der Waals surface area contributed by atoms with Gasteiger partial charge in [0.25, 0.3) is 0 Å². The Morgan fingerprint density at radius 2 is 1.42 bits per heavy atom. The monoisotopic (exact) mass is 247 g/mol. The van der Waals surface area contributed by atoms with Crippen LogP contribution in [-0.2, 0) is 0 Å². The average molecular weight is 247 g/mol. The zero-order valence-corrected chi connectivity index (χ0v) is 11.6. The Morgan fingerprint density at radius 3 is 2.16 bits per heavy atom. The maximum absolute atomic E-state index is 4.77. The van der Waals surface area contributed by atoms with E-state index in [1.165, 1.54) is 27.6 Å². The van der Waals surface area contributed by atoms with Crippen LogP contribution in [0.5, 0.6) is 0 Å². The maximum atomic E-state index is 4.77. The smallest absolute Gasteiger partial charge is 0.0709 e. The fourth-order valence-electron chi connectivity index (χ4n) is 2.53. The summed E-state index contributed by atoms with van der Waals surface area (Å²) in [6.07, 6.45) is 0. The molecule has 0 spiro atoms. The minimum absolute atomic E-state index is 1.04. The molecule has 0 amide bonds. The zero-order chi connectivity index (χ0) is 13.4. The lowest BCUT2D eigenvalue weighted by molar-refractivity contribution is 1.34. The van der Waals surface area contributed by atoms with Gasteiger partial charge in [-0.15, -0.1) is 0 Å². The van der Waals surface area contributed by atoms with Gasteiger partial charge in [0.15, 0.2) is 0 Å². The molecule has 94 valence electrons. The Morgan fingerprint density at radius 1 is 0.684 bits per heavy atom. The largest absolute Gasteiger partial charge is 0.248 e. The van der Waals surface area contributed by atoms with Crippen molar-refractivity contribution in [2.24, 2.45) is 0 Å². The van der Waals surface area contributed by atoms with Gasteiger partial charge in [0.1, 0.15) is 0 Å². The van der Waals surface area contributed by atoms with Crippen LogP contribution in [0.25, 0.3) is 22.2 Å². The van der Waals surface area contributed by atoms with Gasteiger partial charge in [0.05, 0.1) is 11.2 Å². The molecule has 0 fully saturated rings. The third-order valence-corrected chi connectivity index (χ3v) is 3.36. The van der Waals surface area contributed by atoms with E-state index in [0.29, 0.717) is 0 Å². The number of rotatable bonds is 1. The first-order valence-electron chi connectivity index (χ1n) is 6.58. The molecule has 0 aliphatic carbocycles. The Hall–Kier alpha value is -2.15. The summed E-state index contributed by atoms with van der Waals surface area (Å²) >= 11 is 0. The summed E-state index contributed by atoms with van der Waals surface area (Å²) in [6, 6.07) is 17.2. The molecule has 2 aromatic carbocycles. The van der Waals surface area contributed by atoms with Crippen LogP contribution in [0.1, 0.15) is 16.7 Å². The van der Waals surface area contributed by atoms with Crippen molar-refractivity contribution in [1.29, 1.82) is 0 Å². The second-order valence-corrected chi connectivity index (χ2v) is 5.27. The molecular formula is C18H17N. The molecule has 1 heterocycles. The molecule has 0 saturated heterocycles. The van der Waals surface area contributed by atoms with Crippen molar-refractivity contribution in [3.05, 3.63) is 65.2 Å². The molecule has 0 aliphatic heterocycles. The number of benzene rings is 2. The van der Waals surface area contributed by atoms with E-state index < -0.39 is 0 Å². The fraction of sp³-hybridized carbons (Fsp3) is 0.167. The predicted octanol–water partition coefficient (Wildman–Crippen LogP) is 4.83. The Bertz CT molecular complexity index is 736. The number of hydrogen-bond acceptors (Lipinski definition) is 1. The van der Waals surface area contributed by atoms with Crippen LogP contribution in [0.15, 0.2) is 48.5 Å². The first-order chi connectivity index (χ1) is 9.11. The van der Waals surface area contributed by atoms with Crippen LogP contribution in [-0.4, -0.2) is 4.98 Å². The molecule has 0 N–H and O–H groups in total. The molecule has 0 bridgehead atoms. The lowest BCUT2D eigenvalue weighted by atomic mass is 10.0. The van der Waals surface area contributed by atoms with Crippen LogP contribution in [0, 0.1) is 20.8 Å². The molecule has 3 aromatic rings. The minimum atomic E-state index is 1.04. The topological polar surface area (TPSA) is 12.9 Å². The quantitative estimate of drug-likeness (QED) is 0.600. The van der Waals surface area contributed by atoms with Gasteiger partial charge in [-0.1, -0.05) is 34.9 Å². The van der Waals surface area contributed by atoms with Crippen molar-refractivity contribution >= 4 is 10.9 Å². The van der Waals surface area contributed by atoms with Gasteiger partial charge in [0, 0.05) is 10.9 Å². The van der Waals surface area contributed by atoms with Crippen molar-refractivity contribution in [3.8, 4) is 11.3 Å². The number of nitrogens with zero attached hydrogens (tertiary/aromatic N) is 1. The molecule has 19 heavy (non-hydrogen) atoms. The van der Waals surface area contributed by atoms with Gasteiger partial charge >= 0.3 is 0 Å². The summed E-state index contributed by atoms with van der Waals surface area (Å²) in [5.41, 5.74) is 7.13. The Balaban J connectivity index is 2.17. The normalized spacial score (nSPS) is 10.9. The summed E-state index contributed by atoms with van der Waals surface area (Å²) in [5, 5.41) is 1.20. The fourth-order valence-corrected chi connectivity index (χ4v) is 2.53. The second kappa shape index (κ2) is 4.51. The minimum Gasteiger partial charge on any atom is -0.248 e. The molecule has 0 unspecified atom stereocenters. The molecule has 1 aromatic heterocycles. The van der Waals surface area contributed by atoms with Crippen LogP contribution in [0.3, 0.4) is 0 Å². The van der Waals surface area contributed by atoms with Crippen molar-refractivity contribution in [2.75, 3.05) is 0 Å². The maximum Gasteiger partial charge on any atom is 0.0709 e. The molecule has 0 radical (unpaired) electrons. The lowest BCUT2D eigenvalue weighted by Gasteiger charge is -2.06. The van der Waals surface area contributed by atoms with Crippen LogP contribution in [0.2, 0.25) is 0 Å². The molecule has 0 atom stereocenters. The van der Waals surface area contributed by atoms with E-state index in [4.69, 9.17) is 4.98 Å². The van der Waals surface area contributed by atoms with Crippen LogP contribution in [0.4, 0.5) is 0 Å². The second-order valence-electron chi connectivity index (χ2n) is 5.27. The van der Waals surface area contributed by atoms with Gasteiger partial charge in [-0.05, 0) is 51.1 Å². The summed E-state index contributed by atoms with van der Waals surface area (Å²) in [4.78, 5) is 4.77. The number of pyridine rings is 1. The van der Waals surface area contributed by atoms with Crippen LogP contribution >= 0.6 is 0 Å². The zero-order valence-electron chi connectivity index (χ0n) is 11.6. The van der Waals surface area contributed by atoms with Gasteiger partial charge in [0.2, 0.25) is 0 Å². The number of aromatic nitrogens is 1. The molecule has 0 aliphatic rings. The van der Waals surface area contributed by atoms with Crippen molar-refractivity contribution in [2.45, 2.75) is 20.8 Å².